The molecule has 0 radical (unpaired) electrons. The molecular formula is C18H22N4O3. The number of anilines is 3. The average Bonchev–Trinajstić information content (AvgIpc) is 2.49. The molecule has 1 amide bonds. The molecule has 0 aliphatic rings. The number of hydrogen-bond acceptors (Lipinski definition) is 5. The zero-order valence-corrected chi connectivity index (χ0v) is 15.0. The van der Waals surface area contributed by atoms with Gasteiger partial charge in [-0.05, 0) is 37.6 Å². The highest BCUT2D eigenvalue weighted by Crippen LogP contribution is 2.26. The maximum atomic E-state index is 12.2. The molecule has 1 aromatic carbocycles. The van der Waals surface area contributed by atoms with E-state index in [1.807, 2.05) is 45.9 Å². The molecule has 0 aliphatic carbocycles. The Hall–Kier alpha value is -2.96. The summed E-state index contributed by atoms with van der Waals surface area (Å²) in [5.41, 5.74) is 2.39. The molecule has 0 saturated heterocycles. The number of rotatable bonds is 4. The van der Waals surface area contributed by atoms with Gasteiger partial charge < -0.3 is 10.6 Å². The Kier molecular flexibility index (Phi) is 5.06. The van der Waals surface area contributed by atoms with E-state index in [2.05, 4.69) is 15.6 Å². The Bertz CT molecular complexity index is 826. The van der Waals surface area contributed by atoms with Crippen molar-refractivity contribution in [3.05, 3.63) is 51.7 Å². The van der Waals surface area contributed by atoms with Gasteiger partial charge in [0.2, 0.25) is 5.91 Å². The predicted octanol–water partition coefficient (Wildman–Crippen LogP) is 4.33. The molecule has 0 aliphatic heterocycles. The van der Waals surface area contributed by atoms with Crippen LogP contribution in [0.3, 0.4) is 0 Å². The number of nitrogens with zero attached hydrogens (tertiary/aromatic N) is 2. The number of aryl methyl sites for hydroxylation is 2. The van der Waals surface area contributed by atoms with Gasteiger partial charge >= 0.3 is 0 Å². The molecule has 0 fully saturated rings. The van der Waals surface area contributed by atoms with E-state index in [4.69, 9.17) is 0 Å². The van der Waals surface area contributed by atoms with Crippen molar-refractivity contribution in [1.82, 2.24) is 4.98 Å². The van der Waals surface area contributed by atoms with Crippen LogP contribution in [-0.2, 0) is 4.79 Å². The van der Waals surface area contributed by atoms with Crippen molar-refractivity contribution in [3.8, 4) is 0 Å². The molecule has 0 saturated carbocycles. The maximum absolute atomic E-state index is 12.2. The average molecular weight is 342 g/mol. The summed E-state index contributed by atoms with van der Waals surface area (Å²) in [6.07, 6.45) is 1.23. The van der Waals surface area contributed by atoms with Crippen LogP contribution < -0.4 is 10.6 Å². The largest absolute Gasteiger partial charge is 0.340 e. The van der Waals surface area contributed by atoms with Crippen LogP contribution in [-0.4, -0.2) is 15.8 Å². The highest BCUT2D eigenvalue weighted by Gasteiger charge is 2.21. The fourth-order valence-electron chi connectivity index (χ4n) is 2.10. The topological polar surface area (TPSA) is 97.2 Å². The standard InChI is InChI=1S/C18H22N4O3/c1-11-6-7-13(9-14(11)21-17(23)18(3,4)5)20-16-8-12(2)15(10-19-16)22(24)25/h6-10H,1-5H3,(H,19,20)(H,21,23). The van der Waals surface area contributed by atoms with Gasteiger partial charge in [0.05, 0.1) is 4.92 Å². The molecule has 2 rings (SSSR count). The first kappa shape index (κ1) is 18.4. The van der Waals surface area contributed by atoms with E-state index in [1.165, 1.54) is 6.20 Å². The zero-order valence-electron chi connectivity index (χ0n) is 15.0. The van der Waals surface area contributed by atoms with E-state index in [-0.39, 0.29) is 11.6 Å². The molecule has 2 aromatic rings. The van der Waals surface area contributed by atoms with Crippen molar-refractivity contribution in [1.29, 1.82) is 0 Å². The van der Waals surface area contributed by atoms with E-state index >= 15 is 0 Å². The Morgan fingerprint density at radius 2 is 1.84 bits per heavy atom. The lowest BCUT2D eigenvalue weighted by Crippen LogP contribution is -2.27. The second-order valence-electron chi connectivity index (χ2n) is 6.97. The molecule has 2 N–H and O–H groups in total. The number of carbonyl (C=O) groups is 1. The van der Waals surface area contributed by atoms with Crippen LogP contribution in [0.15, 0.2) is 30.5 Å². The monoisotopic (exact) mass is 342 g/mol. The second-order valence-corrected chi connectivity index (χ2v) is 6.97. The van der Waals surface area contributed by atoms with Crippen LogP contribution in [0.5, 0.6) is 0 Å². The van der Waals surface area contributed by atoms with Gasteiger partial charge in [-0.25, -0.2) is 4.98 Å². The normalized spacial score (nSPS) is 11.1. The lowest BCUT2D eigenvalue weighted by Gasteiger charge is -2.19. The van der Waals surface area contributed by atoms with Crippen LogP contribution >= 0.6 is 0 Å². The quantitative estimate of drug-likeness (QED) is 0.636. The highest BCUT2D eigenvalue weighted by atomic mass is 16.6. The van der Waals surface area contributed by atoms with Crippen LogP contribution in [0.2, 0.25) is 0 Å². The molecule has 0 spiro atoms. The molecule has 7 nitrogen and oxygen atoms in total. The molecule has 1 aromatic heterocycles. The molecule has 7 heteroatoms. The Labute approximate surface area is 146 Å². The number of aromatic nitrogens is 1. The van der Waals surface area contributed by atoms with Crippen LogP contribution in [0.1, 0.15) is 31.9 Å². The predicted molar refractivity (Wildman–Crippen MR) is 98.2 cm³/mol. The van der Waals surface area contributed by atoms with Crippen molar-refractivity contribution in [2.45, 2.75) is 34.6 Å². The number of nitro groups is 1. The summed E-state index contributed by atoms with van der Waals surface area (Å²) in [4.78, 5) is 26.7. The first-order valence-electron chi connectivity index (χ1n) is 7.88. The highest BCUT2D eigenvalue weighted by molar-refractivity contribution is 5.95. The first-order valence-corrected chi connectivity index (χ1v) is 7.88. The smallest absolute Gasteiger partial charge is 0.290 e. The lowest BCUT2D eigenvalue weighted by molar-refractivity contribution is -0.385. The first-order chi connectivity index (χ1) is 11.6. The van der Waals surface area contributed by atoms with Gasteiger partial charge in [0.15, 0.2) is 0 Å². The van der Waals surface area contributed by atoms with Gasteiger partial charge in [-0.3, -0.25) is 14.9 Å². The Morgan fingerprint density at radius 1 is 1.16 bits per heavy atom. The van der Waals surface area contributed by atoms with E-state index in [9.17, 15) is 14.9 Å². The summed E-state index contributed by atoms with van der Waals surface area (Å²) in [5, 5.41) is 16.9. The molecular weight excluding hydrogens is 320 g/mol. The summed E-state index contributed by atoms with van der Waals surface area (Å²) >= 11 is 0. The van der Waals surface area contributed by atoms with Crippen molar-refractivity contribution < 1.29 is 9.72 Å². The molecule has 25 heavy (non-hydrogen) atoms. The van der Waals surface area contributed by atoms with Crippen molar-refractivity contribution >= 4 is 28.8 Å². The number of amides is 1. The zero-order chi connectivity index (χ0) is 18.8. The minimum absolute atomic E-state index is 0.0208. The van der Waals surface area contributed by atoms with Gasteiger partial charge in [-0.2, -0.15) is 0 Å². The van der Waals surface area contributed by atoms with Gasteiger partial charge in [0.1, 0.15) is 12.0 Å². The van der Waals surface area contributed by atoms with Crippen molar-refractivity contribution in [2.24, 2.45) is 5.41 Å². The molecule has 132 valence electrons. The lowest BCUT2D eigenvalue weighted by atomic mass is 9.95. The number of benzene rings is 1. The van der Waals surface area contributed by atoms with Crippen molar-refractivity contribution in [3.63, 3.8) is 0 Å². The van der Waals surface area contributed by atoms with Gasteiger partial charge in [0.25, 0.3) is 5.69 Å². The van der Waals surface area contributed by atoms with E-state index < -0.39 is 10.3 Å². The third-order valence-corrected chi connectivity index (χ3v) is 3.72. The molecule has 0 unspecified atom stereocenters. The van der Waals surface area contributed by atoms with Crippen molar-refractivity contribution in [2.75, 3.05) is 10.6 Å². The third-order valence-electron chi connectivity index (χ3n) is 3.72. The third kappa shape index (κ3) is 4.53. The summed E-state index contributed by atoms with van der Waals surface area (Å²) in [5.74, 6) is 0.428. The van der Waals surface area contributed by atoms with Gasteiger partial charge in [0, 0.05) is 22.4 Å². The maximum Gasteiger partial charge on any atom is 0.290 e. The minimum atomic E-state index is -0.493. The number of nitrogens with one attached hydrogen (secondary N) is 2. The van der Waals surface area contributed by atoms with Crippen LogP contribution in [0, 0.1) is 29.4 Å². The SMILES string of the molecule is Cc1ccc(Nc2cc(C)c([N+](=O)[O-])cn2)cc1NC(=O)C(C)(C)C. The molecule has 0 bridgehead atoms. The van der Waals surface area contributed by atoms with E-state index in [0.29, 0.717) is 17.1 Å². The summed E-state index contributed by atoms with van der Waals surface area (Å²) in [6.45, 7) is 9.13. The second kappa shape index (κ2) is 6.88. The fraction of sp³-hybridized carbons (Fsp3) is 0.333. The Morgan fingerprint density at radius 3 is 2.40 bits per heavy atom. The van der Waals surface area contributed by atoms with E-state index in [0.717, 1.165) is 11.3 Å². The fourth-order valence-corrected chi connectivity index (χ4v) is 2.10. The molecule has 0 atom stereocenters. The summed E-state index contributed by atoms with van der Waals surface area (Å²) < 4.78 is 0. The summed E-state index contributed by atoms with van der Waals surface area (Å²) in [7, 11) is 0. The van der Waals surface area contributed by atoms with Crippen LogP contribution in [0.25, 0.3) is 0 Å². The molecule has 1 heterocycles. The Balaban J connectivity index is 2.24. The van der Waals surface area contributed by atoms with Gasteiger partial charge in [-0.1, -0.05) is 26.8 Å². The summed E-state index contributed by atoms with van der Waals surface area (Å²) in [6, 6.07) is 7.18. The minimum Gasteiger partial charge on any atom is -0.340 e. The number of hydrogen-bond donors (Lipinski definition) is 2. The van der Waals surface area contributed by atoms with Crippen LogP contribution in [0.4, 0.5) is 22.9 Å². The van der Waals surface area contributed by atoms with E-state index in [1.54, 1.807) is 13.0 Å². The number of pyridine rings is 1. The van der Waals surface area contributed by atoms with Gasteiger partial charge in [-0.15, -0.1) is 0 Å². The number of carbonyl (C=O) groups excluding carboxylic acids is 1.